The zero-order valence-electron chi connectivity index (χ0n) is 15.5. The first kappa shape index (κ1) is 22.2. The summed E-state index contributed by atoms with van der Waals surface area (Å²) in [5, 5.41) is 6.61. The minimum atomic E-state index is 0. The van der Waals surface area contributed by atoms with Crippen molar-refractivity contribution in [2.24, 2.45) is 0 Å². The van der Waals surface area contributed by atoms with Crippen LogP contribution in [0.5, 0.6) is 0 Å². The maximum absolute atomic E-state index is 12.8. The molecule has 1 aromatic carbocycles. The number of carbonyl (C=O) groups is 1. The molecule has 0 spiro atoms. The van der Waals surface area contributed by atoms with Crippen molar-refractivity contribution in [2.75, 3.05) is 7.05 Å². The topological polar surface area (TPSA) is 45.2 Å². The van der Waals surface area contributed by atoms with Gasteiger partial charge in [-0.05, 0) is 37.7 Å². The van der Waals surface area contributed by atoms with Crippen LogP contribution in [0, 0.1) is 0 Å². The van der Waals surface area contributed by atoms with Gasteiger partial charge in [0.1, 0.15) is 5.69 Å². The summed E-state index contributed by atoms with van der Waals surface area (Å²) in [5.41, 5.74) is 1.93. The monoisotopic (exact) mass is 427 g/mol. The van der Waals surface area contributed by atoms with Crippen molar-refractivity contribution in [3.8, 4) is 0 Å². The normalized spacial score (nSPS) is 23.2. The van der Waals surface area contributed by atoms with Crippen molar-refractivity contribution < 1.29 is 4.79 Å². The number of piperidine rings is 1. The van der Waals surface area contributed by atoms with Gasteiger partial charge in [-0.1, -0.05) is 30.3 Å². The summed E-state index contributed by atoms with van der Waals surface area (Å²) in [5.74, 6) is 0.0773. The summed E-state index contributed by atoms with van der Waals surface area (Å²) < 4.78 is 0. The first-order valence-electron chi connectivity index (χ1n) is 9.20. The van der Waals surface area contributed by atoms with E-state index in [1.807, 2.05) is 23.4 Å². The first-order chi connectivity index (χ1) is 12.2. The number of carbonyl (C=O) groups excluding carboxylic acids is 1. The summed E-state index contributed by atoms with van der Waals surface area (Å²) in [7, 11) is 1.95. The standard InChI is InChI=1S/C20H25N3OS.2ClH/c1-23(17-11-15-8-9-16(12-17)21-15)20(24)18-13-25-19(22-18)10-7-14-5-3-2-4-6-14;;/h2-6,13,15-17,21H,7-12H2,1H3;2*1H. The van der Waals surface area contributed by atoms with Gasteiger partial charge in [0.25, 0.3) is 5.91 Å². The van der Waals surface area contributed by atoms with Gasteiger partial charge in [-0.2, -0.15) is 0 Å². The molecule has 2 fully saturated rings. The molecular weight excluding hydrogens is 401 g/mol. The van der Waals surface area contributed by atoms with Crippen molar-refractivity contribution in [1.29, 1.82) is 0 Å². The molecule has 2 atom stereocenters. The Bertz CT molecular complexity index is 728. The lowest BCUT2D eigenvalue weighted by molar-refractivity contribution is 0.0676. The average Bonchev–Trinajstić information content (AvgIpc) is 3.26. The predicted molar refractivity (Wildman–Crippen MR) is 116 cm³/mol. The highest BCUT2D eigenvalue weighted by Crippen LogP contribution is 2.30. The molecule has 7 heteroatoms. The third kappa shape index (κ3) is 5.23. The molecule has 1 aromatic heterocycles. The second-order valence-corrected chi connectivity index (χ2v) is 8.23. The molecule has 4 nitrogen and oxygen atoms in total. The third-order valence-electron chi connectivity index (χ3n) is 5.56. The van der Waals surface area contributed by atoms with Gasteiger partial charge in [0.05, 0.1) is 5.01 Å². The highest BCUT2D eigenvalue weighted by atomic mass is 35.5. The van der Waals surface area contributed by atoms with Gasteiger partial charge in [0.2, 0.25) is 0 Å². The Balaban J connectivity index is 0.00000131. The molecule has 27 heavy (non-hydrogen) atoms. The number of halogens is 2. The van der Waals surface area contributed by atoms with E-state index in [4.69, 9.17) is 0 Å². The molecular formula is C20H27Cl2N3OS. The molecule has 2 aliphatic heterocycles. The van der Waals surface area contributed by atoms with Gasteiger partial charge in [0.15, 0.2) is 0 Å². The number of benzene rings is 1. The van der Waals surface area contributed by atoms with Crippen LogP contribution in [0.1, 0.15) is 46.7 Å². The summed E-state index contributed by atoms with van der Waals surface area (Å²) >= 11 is 1.60. The Morgan fingerprint density at radius 1 is 1.15 bits per heavy atom. The summed E-state index contributed by atoms with van der Waals surface area (Å²) in [6, 6.07) is 12.0. The first-order valence-corrected chi connectivity index (χ1v) is 10.1. The molecule has 4 rings (SSSR count). The lowest BCUT2D eigenvalue weighted by Gasteiger charge is -2.35. The van der Waals surface area contributed by atoms with E-state index in [0.29, 0.717) is 23.8 Å². The van der Waals surface area contributed by atoms with E-state index in [-0.39, 0.29) is 30.7 Å². The largest absolute Gasteiger partial charge is 0.337 e. The van der Waals surface area contributed by atoms with E-state index in [0.717, 1.165) is 30.7 Å². The molecule has 2 unspecified atom stereocenters. The number of amides is 1. The van der Waals surface area contributed by atoms with E-state index < -0.39 is 0 Å². The summed E-state index contributed by atoms with van der Waals surface area (Å²) in [4.78, 5) is 19.4. The maximum atomic E-state index is 12.8. The van der Waals surface area contributed by atoms with Gasteiger partial charge in [-0.25, -0.2) is 4.98 Å². The Labute approximate surface area is 177 Å². The van der Waals surface area contributed by atoms with Crippen LogP contribution in [0.15, 0.2) is 35.7 Å². The zero-order valence-corrected chi connectivity index (χ0v) is 17.9. The highest BCUT2D eigenvalue weighted by molar-refractivity contribution is 7.09. The molecule has 1 N–H and O–H groups in total. The lowest BCUT2D eigenvalue weighted by atomic mass is 9.98. The Morgan fingerprint density at radius 2 is 1.81 bits per heavy atom. The Hall–Kier alpha value is -1.14. The quantitative estimate of drug-likeness (QED) is 0.779. The average molecular weight is 428 g/mol. The summed E-state index contributed by atoms with van der Waals surface area (Å²) in [6.07, 6.45) is 6.51. The fourth-order valence-corrected chi connectivity index (χ4v) is 4.88. The minimum Gasteiger partial charge on any atom is -0.337 e. The zero-order chi connectivity index (χ0) is 17.2. The molecule has 0 saturated carbocycles. The molecule has 2 aliphatic rings. The number of aryl methyl sites for hydroxylation is 2. The second-order valence-electron chi connectivity index (χ2n) is 7.29. The smallest absolute Gasteiger partial charge is 0.273 e. The number of rotatable bonds is 5. The van der Waals surface area contributed by atoms with Crippen LogP contribution >= 0.6 is 36.2 Å². The van der Waals surface area contributed by atoms with Gasteiger partial charge in [0, 0.05) is 37.0 Å². The number of thiazole rings is 1. The van der Waals surface area contributed by atoms with E-state index >= 15 is 0 Å². The maximum Gasteiger partial charge on any atom is 0.273 e. The number of fused-ring (bicyclic) bond motifs is 2. The molecule has 0 aliphatic carbocycles. The van der Waals surface area contributed by atoms with E-state index in [1.165, 1.54) is 18.4 Å². The van der Waals surface area contributed by atoms with E-state index in [2.05, 4.69) is 34.6 Å². The van der Waals surface area contributed by atoms with Crippen molar-refractivity contribution in [1.82, 2.24) is 15.2 Å². The number of hydrogen-bond donors (Lipinski definition) is 1. The molecule has 2 bridgehead atoms. The van der Waals surface area contributed by atoms with Gasteiger partial charge < -0.3 is 10.2 Å². The SMILES string of the molecule is CN(C(=O)c1csc(CCc2ccccc2)n1)C1CC2CCC(C1)N2.Cl.Cl. The molecule has 3 heterocycles. The van der Waals surface area contributed by atoms with Gasteiger partial charge in [-0.15, -0.1) is 36.2 Å². The number of nitrogens with one attached hydrogen (secondary N) is 1. The molecule has 148 valence electrons. The van der Waals surface area contributed by atoms with Crippen molar-refractivity contribution in [3.05, 3.63) is 52.0 Å². The van der Waals surface area contributed by atoms with Crippen LogP contribution in [0.4, 0.5) is 0 Å². The minimum absolute atomic E-state index is 0. The summed E-state index contributed by atoms with van der Waals surface area (Å²) in [6.45, 7) is 0. The fourth-order valence-electron chi connectivity index (χ4n) is 4.11. The van der Waals surface area contributed by atoms with Gasteiger partial charge >= 0.3 is 0 Å². The molecule has 1 amide bonds. The van der Waals surface area contributed by atoms with Crippen LogP contribution in [0.3, 0.4) is 0 Å². The molecule has 2 saturated heterocycles. The van der Waals surface area contributed by atoms with Crippen LogP contribution in [0.2, 0.25) is 0 Å². The predicted octanol–water partition coefficient (Wildman–Crippen LogP) is 4.13. The van der Waals surface area contributed by atoms with Crippen LogP contribution in [-0.4, -0.2) is 41.0 Å². The second kappa shape index (κ2) is 9.87. The van der Waals surface area contributed by atoms with Crippen LogP contribution in [-0.2, 0) is 12.8 Å². The van der Waals surface area contributed by atoms with Crippen molar-refractivity contribution >= 4 is 42.1 Å². The Morgan fingerprint density at radius 3 is 2.48 bits per heavy atom. The van der Waals surface area contributed by atoms with Gasteiger partial charge in [-0.3, -0.25) is 4.79 Å². The number of nitrogens with zero attached hydrogens (tertiary/aromatic N) is 2. The van der Waals surface area contributed by atoms with E-state index in [9.17, 15) is 4.79 Å². The Kier molecular flexibility index (Phi) is 8.10. The number of hydrogen-bond acceptors (Lipinski definition) is 4. The molecule has 0 radical (unpaired) electrons. The van der Waals surface area contributed by atoms with Crippen molar-refractivity contribution in [2.45, 2.75) is 56.7 Å². The fraction of sp³-hybridized carbons (Fsp3) is 0.500. The third-order valence-corrected chi connectivity index (χ3v) is 6.47. The van der Waals surface area contributed by atoms with Crippen LogP contribution in [0.25, 0.3) is 0 Å². The van der Waals surface area contributed by atoms with Crippen molar-refractivity contribution in [3.63, 3.8) is 0 Å². The van der Waals surface area contributed by atoms with E-state index in [1.54, 1.807) is 11.3 Å². The molecule has 2 aromatic rings. The highest BCUT2D eigenvalue weighted by Gasteiger charge is 2.36. The lowest BCUT2D eigenvalue weighted by Crippen LogP contribution is -2.48. The number of aromatic nitrogens is 1. The van der Waals surface area contributed by atoms with Crippen LogP contribution < -0.4 is 5.32 Å².